The van der Waals surface area contributed by atoms with Crippen LogP contribution in [0.2, 0.25) is 5.02 Å². The van der Waals surface area contributed by atoms with Crippen molar-refractivity contribution in [3.63, 3.8) is 0 Å². The minimum atomic E-state index is -0.470. The minimum Gasteiger partial charge on any atom is -0.452 e. The van der Waals surface area contributed by atoms with Gasteiger partial charge in [-0.05, 0) is 87.6 Å². The third-order valence-electron chi connectivity index (χ3n) is 7.01. The Labute approximate surface area is 235 Å². The lowest BCUT2D eigenvalue weighted by Crippen LogP contribution is -2.41. The van der Waals surface area contributed by atoms with Gasteiger partial charge in [0, 0.05) is 40.1 Å². The standard InChI is InChI=1S/C31H38ClN3O4/c1-4-6-7-8-16-38-31(37)34-23-14-15-27-25(17-23)26-18-24(33-20(3)9-5-2)19-28(29(26)35-27)39-30(36)21-10-12-22(32)13-11-21/h4,6,10-15,17,20,24,28,33,35H,5,7-9,16,18-19H2,1-3H3,(H,34,37). The molecule has 3 N–H and O–H groups in total. The van der Waals surface area contributed by atoms with Gasteiger partial charge in [0.2, 0.25) is 0 Å². The average Bonchev–Trinajstić information content (AvgIpc) is 3.27. The molecule has 1 aromatic heterocycles. The van der Waals surface area contributed by atoms with Crippen molar-refractivity contribution in [2.45, 2.75) is 77.5 Å². The zero-order chi connectivity index (χ0) is 27.8. The summed E-state index contributed by atoms with van der Waals surface area (Å²) in [5.41, 5.74) is 4.04. The first kappa shape index (κ1) is 28.7. The molecule has 3 atom stereocenters. The highest BCUT2D eigenvalue weighted by molar-refractivity contribution is 6.30. The SMILES string of the molecule is CC=CCCCOC(=O)Nc1ccc2[nH]c3c(c2c1)CC(NC(C)CCC)CC3OC(=O)c1ccc(Cl)cc1. The normalized spacial score (nSPS) is 17.6. The monoisotopic (exact) mass is 551 g/mol. The van der Waals surface area contributed by atoms with Crippen LogP contribution in [0.3, 0.4) is 0 Å². The van der Waals surface area contributed by atoms with Gasteiger partial charge in [-0.3, -0.25) is 5.32 Å². The smallest absolute Gasteiger partial charge is 0.411 e. The number of ether oxygens (including phenoxy) is 2. The molecule has 3 aromatic rings. The summed E-state index contributed by atoms with van der Waals surface area (Å²) in [5, 5.41) is 8.15. The second-order valence-electron chi connectivity index (χ2n) is 10.1. The van der Waals surface area contributed by atoms with Crippen LogP contribution in [-0.2, 0) is 15.9 Å². The van der Waals surface area contributed by atoms with Crippen LogP contribution in [0.15, 0.2) is 54.6 Å². The number of carbonyl (C=O) groups excluding carboxylic acids is 2. The highest BCUT2D eigenvalue weighted by atomic mass is 35.5. The Morgan fingerprint density at radius 2 is 2.00 bits per heavy atom. The van der Waals surface area contributed by atoms with Gasteiger partial charge in [0.25, 0.3) is 0 Å². The number of nitrogens with one attached hydrogen (secondary N) is 3. The molecule has 7 nitrogen and oxygen atoms in total. The van der Waals surface area contributed by atoms with E-state index in [-0.39, 0.29) is 12.0 Å². The Hall–Kier alpha value is -3.29. The number of benzene rings is 2. The van der Waals surface area contributed by atoms with Crippen molar-refractivity contribution in [2.75, 3.05) is 11.9 Å². The zero-order valence-electron chi connectivity index (χ0n) is 22.9. The van der Waals surface area contributed by atoms with Crippen LogP contribution in [0, 0.1) is 0 Å². The molecule has 0 radical (unpaired) electrons. The van der Waals surface area contributed by atoms with Crippen molar-refractivity contribution in [1.82, 2.24) is 10.3 Å². The summed E-state index contributed by atoms with van der Waals surface area (Å²) in [5.74, 6) is -0.386. The van der Waals surface area contributed by atoms with Crippen LogP contribution in [0.25, 0.3) is 10.9 Å². The number of fused-ring (bicyclic) bond motifs is 3. The topological polar surface area (TPSA) is 92.4 Å². The molecular weight excluding hydrogens is 514 g/mol. The maximum absolute atomic E-state index is 13.0. The summed E-state index contributed by atoms with van der Waals surface area (Å²) < 4.78 is 11.4. The number of esters is 1. The molecule has 3 unspecified atom stereocenters. The largest absolute Gasteiger partial charge is 0.452 e. The third-order valence-corrected chi connectivity index (χ3v) is 7.26. The summed E-state index contributed by atoms with van der Waals surface area (Å²) >= 11 is 6.00. The lowest BCUT2D eigenvalue weighted by atomic mass is 9.88. The van der Waals surface area contributed by atoms with E-state index in [1.807, 2.05) is 31.2 Å². The molecule has 1 aliphatic rings. The molecule has 208 valence electrons. The van der Waals surface area contributed by atoms with E-state index in [0.29, 0.717) is 35.3 Å². The Kier molecular flexibility index (Phi) is 10.1. The molecule has 0 fully saturated rings. The summed E-state index contributed by atoms with van der Waals surface area (Å²) in [6.45, 7) is 6.70. The zero-order valence-corrected chi connectivity index (χ0v) is 23.6. The fourth-order valence-electron chi connectivity index (χ4n) is 5.17. The van der Waals surface area contributed by atoms with E-state index in [9.17, 15) is 9.59 Å². The lowest BCUT2D eigenvalue weighted by Gasteiger charge is -2.32. The van der Waals surface area contributed by atoms with Gasteiger partial charge in [-0.2, -0.15) is 0 Å². The average molecular weight is 552 g/mol. The first-order valence-corrected chi connectivity index (χ1v) is 14.2. The van der Waals surface area contributed by atoms with E-state index in [2.05, 4.69) is 35.5 Å². The summed E-state index contributed by atoms with van der Waals surface area (Å²) in [6.07, 6.45) is 8.40. The lowest BCUT2D eigenvalue weighted by molar-refractivity contribution is 0.0217. The highest BCUT2D eigenvalue weighted by Gasteiger charge is 2.33. The van der Waals surface area contributed by atoms with Gasteiger partial charge in [0.1, 0.15) is 6.10 Å². The maximum atomic E-state index is 13.0. The van der Waals surface area contributed by atoms with Crippen molar-refractivity contribution >= 4 is 40.3 Å². The Morgan fingerprint density at radius 1 is 1.21 bits per heavy atom. The maximum Gasteiger partial charge on any atom is 0.411 e. The van der Waals surface area contributed by atoms with E-state index < -0.39 is 12.2 Å². The van der Waals surface area contributed by atoms with Crippen LogP contribution >= 0.6 is 11.6 Å². The van der Waals surface area contributed by atoms with E-state index in [1.165, 1.54) is 0 Å². The number of allylic oxidation sites excluding steroid dienone is 2. The summed E-state index contributed by atoms with van der Waals surface area (Å²) in [6, 6.07) is 13.0. The molecule has 1 amide bonds. The van der Waals surface area contributed by atoms with Crippen molar-refractivity contribution < 1.29 is 19.1 Å². The van der Waals surface area contributed by atoms with Gasteiger partial charge in [-0.15, -0.1) is 0 Å². The number of hydrogen-bond donors (Lipinski definition) is 3. The Bertz CT molecular complexity index is 1300. The first-order valence-electron chi connectivity index (χ1n) is 13.8. The van der Waals surface area contributed by atoms with Crippen LogP contribution < -0.4 is 10.6 Å². The van der Waals surface area contributed by atoms with E-state index in [0.717, 1.165) is 54.3 Å². The van der Waals surface area contributed by atoms with Gasteiger partial charge >= 0.3 is 12.1 Å². The molecule has 0 spiro atoms. The number of carbonyl (C=O) groups is 2. The Balaban J connectivity index is 1.55. The van der Waals surface area contributed by atoms with Crippen LogP contribution in [-0.4, -0.2) is 35.7 Å². The molecule has 0 saturated heterocycles. The predicted molar refractivity (Wildman–Crippen MR) is 157 cm³/mol. The first-order chi connectivity index (χ1) is 18.9. The van der Waals surface area contributed by atoms with Crippen LogP contribution in [0.1, 0.15) is 80.6 Å². The van der Waals surface area contributed by atoms with Gasteiger partial charge in [0.05, 0.1) is 17.9 Å². The van der Waals surface area contributed by atoms with Crippen LogP contribution in [0.5, 0.6) is 0 Å². The van der Waals surface area contributed by atoms with Crippen molar-refractivity contribution in [3.8, 4) is 0 Å². The second-order valence-corrected chi connectivity index (χ2v) is 10.6. The number of hydrogen-bond acceptors (Lipinski definition) is 5. The van der Waals surface area contributed by atoms with E-state index in [1.54, 1.807) is 24.3 Å². The number of aromatic amines is 1. The quantitative estimate of drug-likeness (QED) is 0.129. The second kappa shape index (κ2) is 13.7. The molecule has 0 aliphatic heterocycles. The number of rotatable bonds is 11. The summed E-state index contributed by atoms with van der Waals surface area (Å²) in [4.78, 5) is 28.9. The van der Waals surface area contributed by atoms with Gasteiger partial charge in [-0.25, -0.2) is 9.59 Å². The summed E-state index contributed by atoms with van der Waals surface area (Å²) in [7, 11) is 0. The van der Waals surface area contributed by atoms with Crippen LogP contribution in [0.4, 0.5) is 10.5 Å². The van der Waals surface area contributed by atoms with Gasteiger partial charge < -0.3 is 19.8 Å². The third kappa shape index (κ3) is 7.64. The van der Waals surface area contributed by atoms with Crippen molar-refractivity contribution in [1.29, 1.82) is 0 Å². The molecule has 2 aromatic carbocycles. The predicted octanol–water partition coefficient (Wildman–Crippen LogP) is 7.72. The number of amides is 1. The number of anilines is 1. The van der Waals surface area contributed by atoms with Crippen molar-refractivity contribution in [2.24, 2.45) is 0 Å². The number of aromatic nitrogens is 1. The fraction of sp³-hybridized carbons (Fsp3) is 0.419. The minimum absolute atomic E-state index is 0.139. The molecule has 4 rings (SSSR count). The molecule has 1 heterocycles. The molecule has 1 aliphatic carbocycles. The Morgan fingerprint density at radius 3 is 2.74 bits per heavy atom. The van der Waals surface area contributed by atoms with Gasteiger partial charge in [0.15, 0.2) is 0 Å². The molecular formula is C31H38ClN3O4. The van der Waals surface area contributed by atoms with Crippen molar-refractivity contribution in [3.05, 3.63) is 76.5 Å². The van der Waals surface area contributed by atoms with Gasteiger partial charge in [-0.1, -0.05) is 37.1 Å². The van der Waals surface area contributed by atoms with E-state index in [4.69, 9.17) is 21.1 Å². The molecule has 39 heavy (non-hydrogen) atoms. The number of unbranched alkanes of at least 4 members (excludes halogenated alkanes) is 1. The van der Waals surface area contributed by atoms with E-state index >= 15 is 0 Å². The molecule has 0 saturated carbocycles. The molecule has 8 heteroatoms. The fourth-order valence-corrected chi connectivity index (χ4v) is 5.30. The number of halogens is 1. The molecule has 0 bridgehead atoms. The highest BCUT2D eigenvalue weighted by Crippen LogP contribution is 2.38. The number of H-pyrrole nitrogens is 1.